The topological polar surface area (TPSA) is 51.5 Å². The maximum Gasteiger partial charge on any atom is 0.287 e. The Bertz CT molecular complexity index is 747. The summed E-state index contributed by atoms with van der Waals surface area (Å²) in [6.45, 7) is 0.591. The maximum absolute atomic E-state index is 12.6. The van der Waals surface area contributed by atoms with E-state index in [1.807, 2.05) is 37.4 Å². The van der Waals surface area contributed by atoms with Gasteiger partial charge in [0.25, 0.3) is 5.91 Å². The fraction of sp³-hybridized carbons (Fsp3) is 0.571. The Labute approximate surface area is 147 Å². The molecule has 0 radical (unpaired) electrons. The minimum atomic E-state index is -0.185. The van der Waals surface area contributed by atoms with Crippen molar-refractivity contribution in [3.8, 4) is 0 Å². The third kappa shape index (κ3) is 2.34. The average molecular weight is 339 g/mol. The second-order valence-electron chi connectivity index (χ2n) is 8.29. The zero-order valence-corrected chi connectivity index (χ0v) is 14.7. The molecule has 4 aliphatic carbocycles. The van der Waals surface area contributed by atoms with Crippen LogP contribution in [0, 0.1) is 23.7 Å². The molecule has 1 amide bonds. The molecule has 1 aromatic carbocycles. The Morgan fingerprint density at radius 2 is 1.84 bits per heavy atom. The smallest absolute Gasteiger partial charge is 0.287 e. The van der Waals surface area contributed by atoms with Gasteiger partial charge in [-0.05, 0) is 67.9 Å². The van der Waals surface area contributed by atoms with Crippen molar-refractivity contribution in [3.05, 3.63) is 36.1 Å². The molecular formula is C21H25NO3. The highest BCUT2D eigenvalue weighted by molar-refractivity contribution is 5.96. The molecule has 0 atom stereocenters. The summed E-state index contributed by atoms with van der Waals surface area (Å²) >= 11 is 0. The van der Waals surface area contributed by atoms with E-state index in [9.17, 15) is 4.79 Å². The van der Waals surface area contributed by atoms with Gasteiger partial charge in [0.1, 0.15) is 5.58 Å². The minimum absolute atomic E-state index is 0.138. The van der Waals surface area contributed by atoms with Gasteiger partial charge >= 0.3 is 0 Å². The molecule has 25 heavy (non-hydrogen) atoms. The van der Waals surface area contributed by atoms with Gasteiger partial charge in [-0.2, -0.15) is 0 Å². The fourth-order valence-electron chi connectivity index (χ4n) is 6.08. The molecular weight excluding hydrogens is 314 g/mol. The number of nitrogens with one attached hydrogen (secondary N) is 1. The van der Waals surface area contributed by atoms with Crippen molar-refractivity contribution in [2.75, 3.05) is 13.7 Å². The molecule has 2 aromatic rings. The first-order valence-electron chi connectivity index (χ1n) is 9.50. The number of amides is 1. The zero-order valence-electron chi connectivity index (χ0n) is 14.7. The van der Waals surface area contributed by atoms with E-state index < -0.39 is 0 Å². The van der Waals surface area contributed by atoms with Crippen molar-refractivity contribution < 1.29 is 13.9 Å². The van der Waals surface area contributed by atoms with E-state index in [-0.39, 0.29) is 11.5 Å². The fourth-order valence-corrected chi connectivity index (χ4v) is 6.08. The Morgan fingerprint density at radius 1 is 1.16 bits per heavy atom. The summed E-state index contributed by atoms with van der Waals surface area (Å²) in [4.78, 5) is 12.6. The summed E-state index contributed by atoms with van der Waals surface area (Å²) < 4.78 is 11.8. The van der Waals surface area contributed by atoms with Gasteiger partial charge in [-0.25, -0.2) is 0 Å². The molecule has 4 aliphatic rings. The van der Waals surface area contributed by atoms with Crippen LogP contribution in [0.1, 0.15) is 42.7 Å². The first-order valence-corrected chi connectivity index (χ1v) is 9.50. The highest BCUT2D eigenvalue weighted by Crippen LogP contribution is 2.59. The second kappa shape index (κ2) is 5.60. The zero-order chi connectivity index (χ0) is 17.0. The molecule has 0 spiro atoms. The second-order valence-corrected chi connectivity index (χ2v) is 8.29. The molecule has 0 saturated heterocycles. The van der Waals surface area contributed by atoms with E-state index in [1.54, 1.807) is 0 Å². The van der Waals surface area contributed by atoms with Gasteiger partial charge in [-0.1, -0.05) is 18.2 Å². The van der Waals surface area contributed by atoms with E-state index >= 15 is 0 Å². The molecule has 1 aromatic heterocycles. The quantitative estimate of drug-likeness (QED) is 0.916. The summed E-state index contributed by atoms with van der Waals surface area (Å²) in [5.74, 6) is 3.20. The van der Waals surface area contributed by atoms with E-state index in [4.69, 9.17) is 9.15 Å². The number of carbonyl (C=O) groups is 1. The van der Waals surface area contributed by atoms with Gasteiger partial charge in [0.2, 0.25) is 0 Å². The van der Waals surface area contributed by atoms with Crippen LogP contribution in [0.25, 0.3) is 11.0 Å². The lowest BCUT2D eigenvalue weighted by molar-refractivity contribution is -0.186. The molecule has 6 rings (SSSR count). The summed E-state index contributed by atoms with van der Waals surface area (Å²) in [5, 5.41) is 4.08. The number of hydrogen-bond donors (Lipinski definition) is 1. The van der Waals surface area contributed by atoms with E-state index in [1.165, 1.54) is 32.1 Å². The minimum Gasteiger partial charge on any atom is -0.451 e. The van der Waals surface area contributed by atoms with Crippen LogP contribution in [0.2, 0.25) is 0 Å². The SMILES string of the molecule is COC1(CNC(=O)c2cc3ccccc3o2)C2CC3CC(C2)CC1C3. The van der Waals surface area contributed by atoms with Gasteiger partial charge in [0, 0.05) is 19.0 Å². The van der Waals surface area contributed by atoms with Crippen molar-refractivity contribution in [1.82, 2.24) is 5.32 Å². The summed E-state index contributed by atoms with van der Waals surface area (Å²) in [7, 11) is 1.83. The third-order valence-corrected chi connectivity index (χ3v) is 7.07. The normalized spacial score (nSPS) is 36.0. The van der Waals surface area contributed by atoms with Gasteiger partial charge in [-0.15, -0.1) is 0 Å². The van der Waals surface area contributed by atoms with Crippen molar-refractivity contribution in [1.29, 1.82) is 0 Å². The number of furan rings is 1. The van der Waals surface area contributed by atoms with Gasteiger partial charge in [-0.3, -0.25) is 4.79 Å². The number of fused-ring (bicyclic) bond motifs is 1. The van der Waals surface area contributed by atoms with Crippen molar-refractivity contribution in [3.63, 3.8) is 0 Å². The van der Waals surface area contributed by atoms with Crippen molar-refractivity contribution in [2.45, 2.75) is 37.7 Å². The van der Waals surface area contributed by atoms with Crippen LogP contribution in [0.5, 0.6) is 0 Å². The highest BCUT2D eigenvalue weighted by Gasteiger charge is 2.57. The Balaban J connectivity index is 1.35. The van der Waals surface area contributed by atoms with Crippen molar-refractivity contribution in [2.24, 2.45) is 23.7 Å². The number of methoxy groups -OCH3 is 1. The molecule has 1 N–H and O–H groups in total. The summed E-state index contributed by atoms with van der Waals surface area (Å²) in [6, 6.07) is 9.54. The van der Waals surface area contributed by atoms with Crippen LogP contribution in [-0.4, -0.2) is 25.2 Å². The summed E-state index contributed by atoms with van der Waals surface area (Å²) in [5.41, 5.74) is 0.568. The molecule has 4 fully saturated rings. The largest absolute Gasteiger partial charge is 0.451 e. The van der Waals surface area contributed by atoms with Crippen LogP contribution in [-0.2, 0) is 4.74 Å². The lowest BCUT2D eigenvalue weighted by Crippen LogP contribution is -2.63. The van der Waals surface area contributed by atoms with Gasteiger partial charge < -0.3 is 14.5 Å². The van der Waals surface area contributed by atoms with Crippen LogP contribution < -0.4 is 5.32 Å². The van der Waals surface area contributed by atoms with E-state index in [0.29, 0.717) is 24.1 Å². The number of hydrogen-bond acceptors (Lipinski definition) is 3. The van der Waals surface area contributed by atoms with Crippen LogP contribution in [0.15, 0.2) is 34.7 Å². The summed E-state index contributed by atoms with van der Waals surface area (Å²) in [6.07, 6.45) is 6.48. The Morgan fingerprint density at radius 3 is 2.48 bits per heavy atom. The number of ether oxygens (including phenoxy) is 1. The predicted molar refractivity (Wildman–Crippen MR) is 95.3 cm³/mol. The molecule has 132 valence electrons. The van der Waals surface area contributed by atoms with E-state index in [2.05, 4.69) is 5.32 Å². The first-order chi connectivity index (χ1) is 12.2. The van der Waals surface area contributed by atoms with Crippen LogP contribution >= 0.6 is 0 Å². The van der Waals surface area contributed by atoms with E-state index in [0.717, 1.165) is 22.8 Å². The molecule has 0 aliphatic heterocycles. The van der Waals surface area contributed by atoms with Crippen LogP contribution in [0.3, 0.4) is 0 Å². The van der Waals surface area contributed by atoms with Gasteiger partial charge in [0.05, 0.1) is 5.60 Å². The molecule has 4 heteroatoms. The number of para-hydroxylation sites is 1. The lowest BCUT2D eigenvalue weighted by Gasteiger charge is -2.60. The molecule has 4 saturated carbocycles. The third-order valence-electron chi connectivity index (χ3n) is 7.07. The molecule has 0 unspecified atom stereocenters. The highest BCUT2D eigenvalue weighted by atomic mass is 16.5. The Hall–Kier alpha value is -1.81. The molecule has 4 bridgehead atoms. The van der Waals surface area contributed by atoms with Crippen LogP contribution in [0.4, 0.5) is 0 Å². The molecule has 1 heterocycles. The maximum atomic E-state index is 12.6. The predicted octanol–water partition coefficient (Wildman–Crippen LogP) is 4.00. The molecule has 4 nitrogen and oxygen atoms in total. The Kier molecular flexibility index (Phi) is 3.46. The number of rotatable bonds is 4. The number of carbonyl (C=O) groups excluding carboxylic acids is 1. The first kappa shape index (κ1) is 15.4. The monoisotopic (exact) mass is 339 g/mol. The van der Waals surface area contributed by atoms with Gasteiger partial charge in [0.15, 0.2) is 5.76 Å². The number of benzene rings is 1. The van der Waals surface area contributed by atoms with Crippen molar-refractivity contribution >= 4 is 16.9 Å². The lowest BCUT2D eigenvalue weighted by atomic mass is 9.49. The average Bonchev–Trinajstić information content (AvgIpc) is 3.05. The standard InChI is InChI=1S/C21H25NO3/c1-24-21(16-7-13-6-14(9-16)10-17(21)8-13)12-22-20(23)19-11-15-4-2-3-5-18(15)25-19/h2-5,11,13-14,16-17H,6-10,12H2,1H3,(H,22,23).